The lowest BCUT2D eigenvalue weighted by atomic mass is 9.63. The van der Waals surface area contributed by atoms with E-state index in [4.69, 9.17) is 11.6 Å². The van der Waals surface area contributed by atoms with Gasteiger partial charge in [0.25, 0.3) is 0 Å². The molecule has 0 bridgehead atoms. The lowest BCUT2D eigenvalue weighted by Gasteiger charge is -2.45. The van der Waals surface area contributed by atoms with Crippen molar-refractivity contribution in [3.8, 4) is 0 Å². The van der Waals surface area contributed by atoms with Crippen molar-refractivity contribution in [3.05, 3.63) is 70.7 Å². The van der Waals surface area contributed by atoms with E-state index in [1.807, 2.05) is 54.6 Å². The van der Waals surface area contributed by atoms with E-state index < -0.39 is 5.41 Å². The summed E-state index contributed by atoms with van der Waals surface area (Å²) < 4.78 is 0. The molecular formula is C22H23ClN2O2. The molecule has 2 fully saturated rings. The van der Waals surface area contributed by atoms with Gasteiger partial charge in [-0.05, 0) is 42.5 Å². The highest BCUT2D eigenvalue weighted by Gasteiger charge is 2.48. The van der Waals surface area contributed by atoms with Crippen LogP contribution in [0, 0.1) is 0 Å². The van der Waals surface area contributed by atoms with Gasteiger partial charge in [-0.3, -0.25) is 9.59 Å². The first-order chi connectivity index (χ1) is 13.1. The summed E-state index contributed by atoms with van der Waals surface area (Å²) in [5, 5.41) is 3.70. The van der Waals surface area contributed by atoms with Crippen molar-refractivity contribution in [2.75, 3.05) is 13.1 Å². The van der Waals surface area contributed by atoms with Crippen molar-refractivity contribution < 1.29 is 9.59 Å². The van der Waals surface area contributed by atoms with Crippen LogP contribution >= 0.6 is 11.6 Å². The number of halogens is 1. The molecule has 2 amide bonds. The Balaban J connectivity index is 1.53. The van der Waals surface area contributed by atoms with Gasteiger partial charge in [-0.25, -0.2) is 0 Å². The molecule has 2 aliphatic rings. The predicted octanol–water partition coefficient (Wildman–Crippen LogP) is 3.33. The topological polar surface area (TPSA) is 49.4 Å². The molecule has 1 heterocycles. The van der Waals surface area contributed by atoms with E-state index in [1.165, 1.54) is 0 Å². The Bertz CT molecular complexity index is 831. The van der Waals surface area contributed by atoms with E-state index >= 15 is 0 Å². The van der Waals surface area contributed by atoms with Crippen LogP contribution in [-0.4, -0.2) is 35.8 Å². The lowest BCUT2D eigenvalue weighted by molar-refractivity contribution is -0.147. The summed E-state index contributed by atoms with van der Waals surface area (Å²) in [5.74, 6) is -0.00917. The van der Waals surface area contributed by atoms with Crippen molar-refractivity contribution in [2.45, 2.75) is 37.1 Å². The molecule has 1 aliphatic heterocycles. The number of benzene rings is 2. The zero-order chi connectivity index (χ0) is 18.9. The van der Waals surface area contributed by atoms with E-state index in [9.17, 15) is 9.59 Å². The molecule has 1 saturated carbocycles. The van der Waals surface area contributed by atoms with Gasteiger partial charge in [0, 0.05) is 11.6 Å². The average Bonchev–Trinajstić information content (AvgIpc) is 2.62. The molecule has 1 atom stereocenters. The molecule has 1 saturated heterocycles. The Morgan fingerprint density at radius 2 is 1.81 bits per heavy atom. The Labute approximate surface area is 164 Å². The fraction of sp³-hybridized carbons (Fsp3) is 0.364. The van der Waals surface area contributed by atoms with Crippen LogP contribution in [-0.2, 0) is 21.4 Å². The molecular weight excluding hydrogens is 360 g/mol. The minimum absolute atomic E-state index is 0.0556. The van der Waals surface area contributed by atoms with E-state index in [2.05, 4.69) is 5.32 Å². The maximum Gasteiger partial charge on any atom is 0.239 e. The Hall–Kier alpha value is -2.33. The van der Waals surface area contributed by atoms with Crippen LogP contribution in [0.25, 0.3) is 0 Å². The van der Waals surface area contributed by atoms with Crippen LogP contribution in [0.2, 0.25) is 5.02 Å². The monoisotopic (exact) mass is 382 g/mol. The number of rotatable bonds is 4. The first kappa shape index (κ1) is 18.1. The van der Waals surface area contributed by atoms with Gasteiger partial charge in [0.2, 0.25) is 11.8 Å². The van der Waals surface area contributed by atoms with Gasteiger partial charge < -0.3 is 10.2 Å². The average molecular weight is 383 g/mol. The zero-order valence-corrected chi connectivity index (χ0v) is 15.9. The number of carbonyl (C=O) groups excluding carboxylic acids is 2. The third-order valence-corrected chi connectivity index (χ3v) is 6.02. The normalized spacial score (nSPS) is 21.3. The quantitative estimate of drug-likeness (QED) is 0.881. The van der Waals surface area contributed by atoms with Gasteiger partial charge in [-0.2, -0.15) is 0 Å². The van der Waals surface area contributed by atoms with Crippen molar-refractivity contribution in [1.82, 2.24) is 10.2 Å². The molecule has 2 aromatic carbocycles. The number of amides is 2. The smallest absolute Gasteiger partial charge is 0.239 e. The first-order valence-corrected chi connectivity index (χ1v) is 9.83. The number of nitrogens with one attached hydrogen (secondary N) is 1. The van der Waals surface area contributed by atoms with E-state index in [-0.39, 0.29) is 24.4 Å². The number of hydrogen-bond acceptors (Lipinski definition) is 2. The summed E-state index contributed by atoms with van der Waals surface area (Å²) in [6, 6.07) is 17.6. The van der Waals surface area contributed by atoms with Crippen LogP contribution < -0.4 is 5.32 Å². The minimum atomic E-state index is -0.500. The summed E-state index contributed by atoms with van der Waals surface area (Å²) in [6.07, 6.45) is 3.41. The van der Waals surface area contributed by atoms with Crippen molar-refractivity contribution in [3.63, 3.8) is 0 Å². The number of hydrogen-bond donors (Lipinski definition) is 1. The molecule has 5 heteroatoms. The second kappa shape index (κ2) is 7.35. The van der Waals surface area contributed by atoms with E-state index in [0.29, 0.717) is 11.6 Å². The van der Waals surface area contributed by atoms with Crippen molar-refractivity contribution in [2.24, 2.45) is 0 Å². The highest BCUT2D eigenvalue weighted by Crippen LogP contribution is 2.45. The summed E-state index contributed by atoms with van der Waals surface area (Å²) in [6.45, 7) is 0.689. The van der Waals surface area contributed by atoms with Crippen LogP contribution in [0.1, 0.15) is 30.4 Å². The Kier molecular flexibility index (Phi) is 4.92. The van der Waals surface area contributed by atoms with Crippen molar-refractivity contribution >= 4 is 23.4 Å². The highest BCUT2D eigenvalue weighted by atomic mass is 35.5. The number of nitrogens with zero attached hydrogens (tertiary/aromatic N) is 1. The van der Waals surface area contributed by atoms with Crippen LogP contribution in [0.15, 0.2) is 54.6 Å². The fourth-order valence-corrected chi connectivity index (χ4v) is 4.35. The highest BCUT2D eigenvalue weighted by molar-refractivity contribution is 6.30. The molecule has 0 spiro atoms. The Morgan fingerprint density at radius 3 is 2.44 bits per heavy atom. The van der Waals surface area contributed by atoms with Gasteiger partial charge in [0.1, 0.15) is 0 Å². The van der Waals surface area contributed by atoms with Crippen LogP contribution in [0.3, 0.4) is 0 Å². The van der Waals surface area contributed by atoms with E-state index in [1.54, 1.807) is 4.90 Å². The maximum atomic E-state index is 13.4. The van der Waals surface area contributed by atoms with Gasteiger partial charge >= 0.3 is 0 Å². The van der Waals surface area contributed by atoms with E-state index in [0.717, 1.165) is 36.8 Å². The number of piperazine rings is 1. The summed E-state index contributed by atoms with van der Waals surface area (Å²) in [5.41, 5.74) is 1.67. The fourth-order valence-electron chi connectivity index (χ4n) is 4.22. The van der Waals surface area contributed by atoms with Crippen molar-refractivity contribution in [1.29, 1.82) is 0 Å². The molecule has 27 heavy (non-hydrogen) atoms. The lowest BCUT2D eigenvalue weighted by Crippen LogP contribution is -2.61. The first-order valence-electron chi connectivity index (χ1n) is 9.45. The molecule has 140 valence electrons. The third-order valence-electron chi connectivity index (χ3n) is 5.77. The molecule has 0 unspecified atom stereocenters. The molecule has 4 rings (SSSR count). The van der Waals surface area contributed by atoms with Gasteiger partial charge in [-0.15, -0.1) is 0 Å². The SMILES string of the molecule is O=C1CN(C(=O)C2(c3ccc(Cl)cc3)CCC2)C[C@H](Cc2ccccc2)N1. The molecule has 1 aliphatic carbocycles. The zero-order valence-electron chi connectivity index (χ0n) is 15.2. The standard InChI is InChI=1S/C22H23ClN2O2/c23-18-9-7-17(8-10-18)22(11-4-12-22)21(27)25-14-19(24-20(26)15-25)13-16-5-2-1-3-6-16/h1-3,5-10,19H,4,11-15H2,(H,24,26)/t19-/m0/s1. The Morgan fingerprint density at radius 1 is 1.11 bits per heavy atom. The molecule has 1 N–H and O–H groups in total. The largest absolute Gasteiger partial charge is 0.350 e. The van der Waals surface area contributed by atoms with Gasteiger partial charge in [0.05, 0.1) is 18.0 Å². The third kappa shape index (κ3) is 3.59. The summed E-state index contributed by atoms with van der Waals surface area (Å²) >= 11 is 6.02. The molecule has 0 radical (unpaired) electrons. The summed E-state index contributed by atoms with van der Waals surface area (Å²) in [7, 11) is 0. The second-order valence-electron chi connectivity index (χ2n) is 7.58. The van der Waals surface area contributed by atoms with Gasteiger partial charge in [-0.1, -0.05) is 60.5 Å². The molecule has 0 aromatic heterocycles. The van der Waals surface area contributed by atoms with Crippen LogP contribution in [0.4, 0.5) is 0 Å². The molecule has 2 aromatic rings. The minimum Gasteiger partial charge on any atom is -0.350 e. The number of carbonyl (C=O) groups is 2. The second-order valence-corrected chi connectivity index (χ2v) is 8.02. The summed E-state index contributed by atoms with van der Waals surface area (Å²) in [4.78, 5) is 27.5. The molecule has 4 nitrogen and oxygen atoms in total. The predicted molar refractivity (Wildman–Crippen MR) is 106 cm³/mol. The van der Waals surface area contributed by atoms with Gasteiger partial charge in [0.15, 0.2) is 0 Å². The van der Waals surface area contributed by atoms with Crippen LogP contribution in [0.5, 0.6) is 0 Å². The maximum absolute atomic E-state index is 13.4.